The maximum Gasteiger partial charge on any atom is 0.0900 e. The smallest absolute Gasteiger partial charge is 0.0900 e. The van der Waals surface area contributed by atoms with Crippen LogP contribution in [0.1, 0.15) is 24.7 Å². The minimum atomic E-state index is 0.354. The lowest BCUT2D eigenvalue weighted by Crippen LogP contribution is -2.17. The van der Waals surface area contributed by atoms with Gasteiger partial charge < -0.3 is 10.1 Å². The average Bonchev–Trinajstić information content (AvgIpc) is 2.87. The Hall–Kier alpha value is -0.390. The fourth-order valence-electron chi connectivity index (χ4n) is 1.97. The summed E-state index contributed by atoms with van der Waals surface area (Å²) in [7, 11) is 0. The number of ether oxygens (including phenoxy) is 1. The van der Waals surface area contributed by atoms with E-state index in [1.807, 2.05) is 11.6 Å². The highest BCUT2D eigenvalue weighted by molar-refractivity contribution is 9.10. The second-order valence-corrected chi connectivity index (χ2v) is 4.88. The number of aromatic nitrogens is 2. The first-order chi connectivity index (χ1) is 7.72. The van der Waals surface area contributed by atoms with Crippen LogP contribution in [0.2, 0.25) is 0 Å². The van der Waals surface area contributed by atoms with Gasteiger partial charge in [0.1, 0.15) is 0 Å². The summed E-state index contributed by atoms with van der Waals surface area (Å²) in [4.78, 5) is 0. The molecule has 1 atom stereocenters. The molecule has 1 aromatic heterocycles. The lowest BCUT2D eigenvalue weighted by Gasteiger charge is -2.11. The topological polar surface area (TPSA) is 39.1 Å². The van der Waals surface area contributed by atoms with E-state index in [-0.39, 0.29) is 0 Å². The molecule has 1 N–H and O–H groups in total. The number of nitrogens with one attached hydrogen (secondary N) is 1. The first-order valence-electron chi connectivity index (χ1n) is 5.76. The van der Waals surface area contributed by atoms with Gasteiger partial charge in [-0.05, 0) is 42.7 Å². The summed E-state index contributed by atoms with van der Waals surface area (Å²) < 4.78 is 8.96. The molecule has 1 fully saturated rings. The third kappa shape index (κ3) is 2.47. The van der Waals surface area contributed by atoms with Gasteiger partial charge in [0, 0.05) is 13.1 Å². The van der Waals surface area contributed by atoms with E-state index in [4.69, 9.17) is 4.74 Å². The summed E-state index contributed by atoms with van der Waals surface area (Å²) in [5, 5.41) is 7.75. The number of halogens is 1. The van der Waals surface area contributed by atoms with Gasteiger partial charge in [-0.3, -0.25) is 4.68 Å². The number of hydrogen-bond acceptors (Lipinski definition) is 3. The molecule has 0 radical (unpaired) electrons. The van der Waals surface area contributed by atoms with Crippen molar-refractivity contribution < 1.29 is 4.74 Å². The highest BCUT2D eigenvalue weighted by Gasteiger charge is 2.17. The molecule has 2 heterocycles. The molecule has 1 saturated heterocycles. The molecule has 16 heavy (non-hydrogen) atoms. The summed E-state index contributed by atoms with van der Waals surface area (Å²) in [5.41, 5.74) is 2.18. The Kier molecular flexibility index (Phi) is 4.00. The molecule has 90 valence electrons. The fourth-order valence-corrected chi connectivity index (χ4v) is 2.37. The highest BCUT2D eigenvalue weighted by atomic mass is 79.9. The molecule has 0 bridgehead atoms. The molecular weight excluding hydrogens is 270 g/mol. The normalized spacial score (nSPS) is 20.6. The number of hydrogen-bond donors (Lipinski definition) is 1. The van der Waals surface area contributed by atoms with E-state index in [0.29, 0.717) is 12.7 Å². The van der Waals surface area contributed by atoms with Crippen molar-refractivity contribution in [2.75, 3.05) is 13.1 Å². The van der Waals surface area contributed by atoms with E-state index in [2.05, 4.69) is 33.3 Å². The third-order valence-corrected chi connectivity index (χ3v) is 3.96. The summed E-state index contributed by atoms with van der Waals surface area (Å²) in [6.07, 6.45) is 1.46. The molecular formula is C11H18BrN3O. The molecule has 5 heteroatoms. The van der Waals surface area contributed by atoms with Crippen molar-refractivity contribution in [1.29, 1.82) is 0 Å². The van der Waals surface area contributed by atoms with Gasteiger partial charge in [0.2, 0.25) is 0 Å². The molecule has 1 unspecified atom stereocenters. The molecule has 1 aliphatic heterocycles. The molecule has 0 amide bonds. The minimum absolute atomic E-state index is 0.354. The predicted octanol–water partition coefficient (Wildman–Crippen LogP) is 1.85. The van der Waals surface area contributed by atoms with Gasteiger partial charge in [0.05, 0.1) is 28.6 Å². The van der Waals surface area contributed by atoms with E-state index in [1.54, 1.807) is 0 Å². The highest BCUT2D eigenvalue weighted by Crippen LogP contribution is 2.22. The van der Waals surface area contributed by atoms with Gasteiger partial charge in [0.25, 0.3) is 0 Å². The maximum atomic E-state index is 5.87. The molecule has 0 aromatic carbocycles. The lowest BCUT2D eigenvalue weighted by atomic mass is 10.3. The van der Waals surface area contributed by atoms with Crippen LogP contribution in [-0.2, 0) is 17.9 Å². The summed E-state index contributed by atoms with van der Waals surface area (Å²) >= 11 is 3.57. The fraction of sp³-hybridized carbons (Fsp3) is 0.727. The zero-order valence-electron chi connectivity index (χ0n) is 9.79. The summed E-state index contributed by atoms with van der Waals surface area (Å²) in [6.45, 7) is 7.67. The van der Waals surface area contributed by atoms with Crippen molar-refractivity contribution in [3.8, 4) is 0 Å². The van der Waals surface area contributed by atoms with Crippen LogP contribution < -0.4 is 5.32 Å². The van der Waals surface area contributed by atoms with Crippen LogP contribution in [0, 0.1) is 6.92 Å². The van der Waals surface area contributed by atoms with E-state index in [9.17, 15) is 0 Å². The Morgan fingerprint density at radius 1 is 1.62 bits per heavy atom. The predicted molar refractivity (Wildman–Crippen MR) is 66.4 cm³/mol. The zero-order valence-corrected chi connectivity index (χ0v) is 11.4. The molecule has 4 nitrogen and oxygen atoms in total. The first kappa shape index (κ1) is 12.1. The standard InChI is InChI=1S/C11H18BrN3O/c1-3-15-10(11(12)8(2)14-15)7-16-9-4-5-13-6-9/h9,13H,3-7H2,1-2H3. The first-order valence-corrected chi connectivity index (χ1v) is 6.55. The second-order valence-electron chi connectivity index (χ2n) is 4.09. The molecule has 2 rings (SSSR count). The van der Waals surface area contributed by atoms with Gasteiger partial charge in [0.15, 0.2) is 0 Å². The maximum absolute atomic E-state index is 5.87. The van der Waals surface area contributed by atoms with Gasteiger partial charge >= 0.3 is 0 Å². The minimum Gasteiger partial charge on any atom is -0.371 e. The molecule has 0 saturated carbocycles. The number of rotatable bonds is 4. The van der Waals surface area contributed by atoms with Crippen molar-refractivity contribution in [2.45, 2.75) is 39.5 Å². The van der Waals surface area contributed by atoms with Crippen LogP contribution in [0.4, 0.5) is 0 Å². The second kappa shape index (κ2) is 5.29. The third-order valence-electron chi connectivity index (χ3n) is 2.92. The number of aryl methyl sites for hydroxylation is 2. The van der Waals surface area contributed by atoms with Crippen molar-refractivity contribution in [1.82, 2.24) is 15.1 Å². The van der Waals surface area contributed by atoms with Crippen LogP contribution in [0.5, 0.6) is 0 Å². The van der Waals surface area contributed by atoms with Gasteiger partial charge in [-0.1, -0.05) is 0 Å². The summed E-state index contributed by atoms with van der Waals surface area (Å²) in [6, 6.07) is 0. The van der Waals surface area contributed by atoms with Crippen LogP contribution in [0.15, 0.2) is 4.47 Å². The van der Waals surface area contributed by atoms with E-state index in [0.717, 1.165) is 41.9 Å². The Balaban J connectivity index is 2.01. The van der Waals surface area contributed by atoms with Crippen molar-refractivity contribution in [2.24, 2.45) is 0 Å². The van der Waals surface area contributed by atoms with E-state index in [1.165, 1.54) is 0 Å². The van der Waals surface area contributed by atoms with Crippen molar-refractivity contribution in [3.63, 3.8) is 0 Å². The van der Waals surface area contributed by atoms with Crippen LogP contribution in [-0.4, -0.2) is 29.0 Å². The van der Waals surface area contributed by atoms with E-state index >= 15 is 0 Å². The van der Waals surface area contributed by atoms with Crippen molar-refractivity contribution in [3.05, 3.63) is 15.9 Å². The van der Waals surface area contributed by atoms with Gasteiger partial charge in [-0.15, -0.1) is 0 Å². The molecule has 0 spiro atoms. The largest absolute Gasteiger partial charge is 0.371 e. The zero-order chi connectivity index (χ0) is 11.5. The molecule has 1 aromatic rings. The van der Waals surface area contributed by atoms with Gasteiger partial charge in [-0.25, -0.2) is 0 Å². The van der Waals surface area contributed by atoms with E-state index < -0.39 is 0 Å². The Morgan fingerprint density at radius 3 is 3.06 bits per heavy atom. The number of nitrogens with zero attached hydrogens (tertiary/aromatic N) is 2. The Morgan fingerprint density at radius 2 is 2.44 bits per heavy atom. The summed E-state index contributed by atoms with van der Waals surface area (Å²) in [5.74, 6) is 0. The van der Waals surface area contributed by atoms with Crippen LogP contribution in [0.25, 0.3) is 0 Å². The van der Waals surface area contributed by atoms with Crippen molar-refractivity contribution >= 4 is 15.9 Å². The molecule has 1 aliphatic rings. The SMILES string of the molecule is CCn1nc(C)c(Br)c1COC1CCNC1. The van der Waals surface area contributed by atoms with Crippen LogP contribution in [0.3, 0.4) is 0 Å². The van der Waals surface area contributed by atoms with Gasteiger partial charge in [-0.2, -0.15) is 5.10 Å². The van der Waals surface area contributed by atoms with Crippen LogP contribution >= 0.6 is 15.9 Å². The lowest BCUT2D eigenvalue weighted by molar-refractivity contribution is 0.0497. The molecule has 0 aliphatic carbocycles. The Labute approximate surface area is 104 Å². The Bertz CT molecular complexity index is 358. The monoisotopic (exact) mass is 287 g/mol. The quantitative estimate of drug-likeness (QED) is 0.919. The average molecular weight is 288 g/mol.